The normalized spacial score (nSPS) is 10.2. The molecule has 1 amide bonds. The number of amides is 1. The lowest BCUT2D eigenvalue weighted by atomic mass is 10.1. The van der Waals surface area contributed by atoms with Crippen LogP contribution in [0.5, 0.6) is 5.75 Å². The molecule has 98 valence electrons. The fourth-order valence-electron chi connectivity index (χ4n) is 1.57. The van der Waals surface area contributed by atoms with Crippen LogP contribution in [-0.2, 0) is 5.33 Å². The summed E-state index contributed by atoms with van der Waals surface area (Å²) in [6.07, 6.45) is 0. The molecule has 5 heteroatoms. The molecule has 2 N–H and O–H groups in total. The Morgan fingerprint density at radius 3 is 2.53 bits per heavy atom. The van der Waals surface area contributed by atoms with Crippen molar-refractivity contribution < 1.29 is 14.3 Å². The van der Waals surface area contributed by atoms with E-state index in [4.69, 9.17) is 0 Å². The fraction of sp³-hybridized carbons (Fsp3) is 0.0714. The quantitative estimate of drug-likeness (QED) is 0.846. The maximum absolute atomic E-state index is 13.0. The first kappa shape index (κ1) is 13.5. The number of hydrogen-bond acceptors (Lipinski definition) is 2. The van der Waals surface area contributed by atoms with Crippen LogP contribution >= 0.6 is 15.9 Å². The lowest BCUT2D eigenvalue weighted by Crippen LogP contribution is -2.12. The zero-order chi connectivity index (χ0) is 13.8. The molecule has 0 radical (unpaired) electrons. The summed E-state index contributed by atoms with van der Waals surface area (Å²) in [6.45, 7) is 0. The molecule has 2 aromatic carbocycles. The first-order valence-electron chi connectivity index (χ1n) is 5.55. The van der Waals surface area contributed by atoms with Gasteiger partial charge in [-0.05, 0) is 35.9 Å². The van der Waals surface area contributed by atoms with Crippen molar-refractivity contribution in [2.75, 3.05) is 5.32 Å². The van der Waals surface area contributed by atoms with Gasteiger partial charge in [-0.3, -0.25) is 4.79 Å². The van der Waals surface area contributed by atoms with Crippen molar-refractivity contribution in [3.63, 3.8) is 0 Å². The van der Waals surface area contributed by atoms with Crippen molar-refractivity contribution in [1.29, 1.82) is 0 Å². The third-order valence-electron chi connectivity index (χ3n) is 2.57. The summed E-state index contributed by atoms with van der Waals surface area (Å²) in [5.41, 5.74) is 1.56. The minimum absolute atomic E-state index is 0.0930. The molecule has 0 saturated carbocycles. The second kappa shape index (κ2) is 5.84. The number of anilines is 1. The molecule has 0 saturated heterocycles. The fourth-order valence-corrected chi connectivity index (χ4v) is 1.94. The number of carbonyl (C=O) groups is 1. The van der Waals surface area contributed by atoms with Crippen LogP contribution in [0.25, 0.3) is 0 Å². The summed E-state index contributed by atoms with van der Waals surface area (Å²) in [5, 5.41) is 12.9. The highest BCUT2D eigenvalue weighted by molar-refractivity contribution is 9.08. The Balaban J connectivity index is 2.18. The first-order chi connectivity index (χ1) is 9.10. The number of rotatable bonds is 3. The number of benzene rings is 2. The third kappa shape index (κ3) is 3.32. The SMILES string of the molecule is O=C(Nc1ccc(CBr)cc1)c1cc(F)ccc1O. The molecule has 0 spiro atoms. The van der Waals surface area contributed by atoms with E-state index in [1.807, 2.05) is 12.1 Å². The highest BCUT2D eigenvalue weighted by Gasteiger charge is 2.12. The topological polar surface area (TPSA) is 49.3 Å². The van der Waals surface area contributed by atoms with E-state index in [-0.39, 0.29) is 11.3 Å². The van der Waals surface area contributed by atoms with Crippen LogP contribution in [0.15, 0.2) is 42.5 Å². The van der Waals surface area contributed by atoms with E-state index >= 15 is 0 Å². The minimum atomic E-state index is -0.572. The molecule has 0 aliphatic heterocycles. The largest absolute Gasteiger partial charge is 0.507 e. The standard InChI is InChI=1S/C14H11BrFNO2/c15-8-9-1-4-11(5-2-9)17-14(19)12-7-10(16)3-6-13(12)18/h1-7,18H,8H2,(H,17,19). The number of phenolic OH excluding ortho intramolecular Hbond substituents is 1. The number of hydrogen-bond donors (Lipinski definition) is 2. The summed E-state index contributed by atoms with van der Waals surface area (Å²) in [7, 11) is 0. The van der Waals surface area contributed by atoms with Crippen molar-refractivity contribution in [3.05, 3.63) is 59.4 Å². The molecule has 0 unspecified atom stereocenters. The van der Waals surface area contributed by atoms with Crippen LogP contribution in [0.3, 0.4) is 0 Å². The molecule has 3 nitrogen and oxygen atoms in total. The molecule has 0 heterocycles. The molecule has 0 atom stereocenters. The second-order valence-electron chi connectivity index (χ2n) is 3.95. The van der Waals surface area contributed by atoms with Crippen molar-refractivity contribution in [2.24, 2.45) is 0 Å². The van der Waals surface area contributed by atoms with Crippen LogP contribution in [-0.4, -0.2) is 11.0 Å². The van der Waals surface area contributed by atoms with Crippen molar-refractivity contribution in [1.82, 2.24) is 0 Å². The monoisotopic (exact) mass is 323 g/mol. The van der Waals surface area contributed by atoms with Gasteiger partial charge in [0, 0.05) is 11.0 Å². The van der Waals surface area contributed by atoms with Gasteiger partial charge in [0.1, 0.15) is 11.6 Å². The summed E-state index contributed by atoms with van der Waals surface area (Å²) in [6, 6.07) is 10.4. The molecule has 19 heavy (non-hydrogen) atoms. The number of carbonyl (C=O) groups excluding carboxylic acids is 1. The van der Waals surface area contributed by atoms with Gasteiger partial charge < -0.3 is 10.4 Å². The Morgan fingerprint density at radius 2 is 1.89 bits per heavy atom. The maximum Gasteiger partial charge on any atom is 0.259 e. The summed E-state index contributed by atoms with van der Waals surface area (Å²) in [5.74, 6) is -1.38. The number of alkyl halides is 1. The Kier molecular flexibility index (Phi) is 4.16. The van der Waals surface area contributed by atoms with Crippen LogP contribution in [0.2, 0.25) is 0 Å². The van der Waals surface area contributed by atoms with Crippen LogP contribution < -0.4 is 5.32 Å². The number of nitrogens with one attached hydrogen (secondary N) is 1. The van der Waals surface area contributed by atoms with E-state index in [1.54, 1.807) is 12.1 Å². The van der Waals surface area contributed by atoms with Gasteiger partial charge >= 0.3 is 0 Å². The van der Waals surface area contributed by atoms with Gasteiger partial charge in [-0.2, -0.15) is 0 Å². The van der Waals surface area contributed by atoms with E-state index < -0.39 is 11.7 Å². The summed E-state index contributed by atoms with van der Waals surface area (Å²) < 4.78 is 13.0. The van der Waals surface area contributed by atoms with Crippen molar-refractivity contribution in [2.45, 2.75) is 5.33 Å². The van der Waals surface area contributed by atoms with Crippen LogP contribution in [0.1, 0.15) is 15.9 Å². The Bertz CT molecular complexity index is 599. The van der Waals surface area contributed by atoms with Crippen molar-refractivity contribution in [3.8, 4) is 5.75 Å². The Labute approximate surface area is 118 Å². The van der Waals surface area contributed by atoms with Crippen LogP contribution in [0.4, 0.5) is 10.1 Å². The maximum atomic E-state index is 13.0. The van der Waals surface area contributed by atoms with Gasteiger partial charge in [-0.15, -0.1) is 0 Å². The highest BCUT2D eigenvalue weighted by Crippen LogP contribution is 2.20. The molecule has 0 aliphatic carbocycles. The molecule has 0 fully saturated rings. The van der Waals surface area contributed by atoms with Gasteiger partial charge in [-0.25, -0.2) is 4.39 Å². The second-order valence-corrected chi connectivity index (χ2v) is 4.51. The average Bonchev–Trinajstić information content (AvgIpc) is 2.42. The van der Waals surface area contributed by atoms with Gasteiger partial charge in [0.2, 0.25) is 0 Å². The third-order valence-corrected chi connectivity index (χ3v) is 3.22. The van der Waals surface area contributed by atoms with E-state index in [0.29, 0.717) is 5.69 Å². The average molecular weight is 324 g/mol. The first-order valence-corrected chi connectivity index (χ1v) is 6.67. The molecule has 0 aliphatic rings. The lowest BCUT2D eigenvalue weighted by Gasteiger charge is -2.07. The zero-order valence-electron chi connectivity index (χ0n) is 9.86. The van der Waals surface area contributed by atoms with Crippen LogP contribution in [0, 0.1) is 5.82 Å². The minimum Gasteiger partial charge on any atom is -0.507 e. The molecular weight excluding hydrogens is 313 g/mol. The van der Waals surface area contributed by atoms with E-state index in [9.17, 15) is 14.3 Å². The van der Waals surface area contributed by atoms with Gasteiger partial charge in [0.25, 0.3) is 5.91 Å². The van der Waals surface area contributed by atoms with E-state index in [0.717, 1.165) is 29.1 Å². The van der Waals surface area contributed by atoms with Crippen molar-refractivity contribution >= 4 is 27.5 Å². The Hall–Kier alpha value is -1.88. The molecular formula is C14H11BrFNO2. The number of phenols is 1. The number of aromatic hydroxyl groups is 1. The van der Waals surface area contributed by atoms with Gasteiger partial charge in [0.15, 0.2) is 0 Å². The molecule has 0 aromatic heterocycles. The molecule has 2 aromatic rings. The predicted molar refractivity (Wildman–Crippen MR) is 75.1 cm³/mol. The molecule has 2 rings (SSSR count). The highest BCUT2D eigenvalue weighted by atomic mass is 79.9. The summed E-state index contributed by atoms with van der Waals surface area (Å²) >= 11 is 3.33. The zero-order valence-corrected chi connectivity index (χ0v) is 11.4. The molecule has 0 bridgehead atoms. The van der Waals surface area contributed by atoms with E-state index in [1.165, 1.54) is 0 Å². The lowest BCUT2D eigenvalue weighted by molar-refractivity contribution is 0.102. The van der Waals surface area contributed by atoms with Gasteiger partial charge in [0.05, 0.1) is 5.56 Å². The van der Waals surface area contributed by atoms with E-state index in [2.05, 4.69) is 21.2 Å². The number of halogens is 2. The predicted octanol–water partition coefficient (Wildman–Crippen LogP) is 3.68. The summed E-state index contributed by atoms with van der Waals surface area (Å²) in [4.78, 5) is 11.9. The van der Waals surface area contributed by atoms with Gasteiger partial charge in [-0.1, -0.05) is 28.1 Å². The Morgan fingerprint density at radius 1 is 1.21 bits per heavy atom. The smallest absolute Gasteiger partial charge is 0.259 e.